The van der Waals surface area contributed by atoms with Gasteiger partial charge in [-0.3, -0.25) is 4.79 Å². The van der Waals surface area contributed by atoms with Gasteiger partial charge in [0, 0.05) is 13.7 Å². The zero-order valence-electron chi connectivity index (χ0n) is 7.96. The van der Waals surface area contributed by atoms with Crippen LogP contribution in [0.15, 0.2) is 12.2 Å². The van der Waals surface area contributed by atoms with Crippen LogP contribution in [-0.2, 0) is 9.53 Å². The van der Waals surface area contributed by atoms with Gasteiger partial charge in [0.2, 0.25) is 5.91 Å². The zero-order valence-corrected chi connectivity index (χ0v) is 7.96. The quantitative estimate of drug-likeness (QED) is 0.626. The molecule has 1 unspecified atom stereocenters. The number of carbonyl (C=O) groups is 1. The second-order valence-electron chi connectivity index (χ2n) is 2.81. The van der Waals surface area contributed by atoms with Crippen molar-refractivity contribution in [2.75, 3.05) is 20.3 Å². The number of ether oxygens (including phenoxy) is 1. The average molecular weight is 171 g/mol. The summed E-state index contributed by atoms with van der Waals surface area (Å²) < 4.78 is 4.93. The van der Waals surface area contributed by atoms with Gasteiger partial charge in [-0.1, -0.05) is 13.0 Å². The van der Waals surface area contributed by atoms with Crippen molar-refractivity contribution in [2.24, 2.45) is 5.92 Å². The van der Waals surface area contributed by atoms with Crippen LogP contribution in [0.2, 0.25) is 0 Å². The van der Waals surface area contributed by atoms with Crippen LogP contribution in [0, 0.1) is 5.92 Å². The standard InChI is InChI=1S/C9H17NO2/c1-4-5-9(11)10-6-8(2)7-12-3/h4-5,8H,6-7H2,1-3H3,(H,10,11). The van der Waals surface area contributed by atoms with Crippen LogP contribution >= 0.6 is 0 Å². The van der Waals surface area contributed by atoms with E-state index in [2.05, 4.69) is 5.32 Å². The zero-order chi connectivity index (χ0) is 9.40. The molecule has 0 bridgehead atoms. The van der Waals surface area contributed by atoms with Gasteiger partial charge in [0.05, 0.1) is 6.61 Å². The van der Waals surface area contributed by atoms with Gasteiger partial charge in [-0.15, -0.1) is 0 Å². The highest BCUT2D eigenvalue weighted by atomic mass is 16.5. The molecule has 1 atom stereocenters. The maximum absolute atomic E-state index is 10.9. The molecule has 3 heteroatoms. The van der Waals surface area contributed by atoms with Crippen LogP contribution in [0.25, 0.3) is 0 Å². The number of carbonyl (C=O) groups excluding carboxylic acids is 1. The summed E-state index contributed by atoms with van der Waals surface area (Å²) in [5.74, 6) is 0.324. The fourth-order valence-electron chi connectivity index (χ4n) is 0.829. The summed E-state index contributed by atoms with van der Waals surface area (Å²) in [7, 11) is 1.66. The number of amides is 1. The van der Waals surface area contributed by atoms with Crippen LogP contribution in [0.1, 0.15) is 13.8 Å². The monoisotopic (exact) mass is 171 g/mol. The van der Waals surface area contributed by atoms with Crippen molar-refractivity contribution in [3.05, 3.63) is 12.2 Å². The molecule has 0 aromatic heterocycles. The highest BCUT2D eigenvalue weighted by molar-refractivity contribution is 5.87. The lowest BCUT2D eigenvalue weighted by Crippen LogP contribution is -2.28. The first-order valence-electron chi connectivity index (χ1n) is 4.10. The molecule has 0 saturated heterocycles. The fourth-order valence-corrected chi connectivity index (χ4v) is 0.829. The molecule has 0 aliphatic carbocycles. The summed E-state index contributed by atoms with van der Waals surface area (Å²) in [6.45, 7) is 5.19. The molecule has 0 rings (SSSR count). The van der Waals surface area contributed by atoms with Crippen LogP contribution in [0.3, 0.4) is 0 Å². The molecule has 0 aromatic carbocycles. The third kappa shape index (κ3) is 5.92. The smallest absolute Gasteiger partial charge is 0.243 e. The third-order valence-electron chi connectivity index (χ3n) is 1.39. The molecule has 1 N–H and O–H groups in total. The maximum atomic E-state index is 10.9. The van der Waals surface area contributed by atoms with Crippen molar-refractivity contribution < 1.29 is 9.53 Å². The van der Waals surface area contributed by atoms with Crippen LogP contribution in [0.5, 0.6) is 0 Å². The molecule has 3 nitrogen and oxygen atoms in total. The largest absolute Gasteiger partial charge is 0.384 e. The van der Waals surface area contributed by atoms with Crippen LogP contribution in [0.4, 0.5) is 0 Å². The lowest BCUT2D eigenvalue weighted by Gasteiger charge is -2.09. The van der Waals surface area contributed by atoms with Gasteiger partial charge in [-0.05, 0) is 18.9 Å². The molecule has 0 saturated carbocycles. The molecule has 0 heterocycles. The molecular weight excluding hydrogens is 154 g/mol. The minimum Gasteiger partial charge on any atom is -0.384 e. The van der Waals surface area contributed by atoms with E-state index >= 15 is 0 Å². The highest BCUT2D eigenvalue weighted by Gasteiger charge is 2.01. The Balaban J connectivity index is 3.46. The minimum absolute atomic E-state index is 0.0412. The number of nitrogens with one attached hydrogen (secondary N) is 1. The van der Waals surface area contributed by atoms with E-state index in [1.807, 2.05) is 13.8 Å². The SMILES string of the molecule is CC=CC(=O)NCC(C)COC. The Morgan fingerprint density at radius 3 is 2.83 bits per heavy atom. The first-order valence-corrected chi connectivity index (χ1v) is 4.10. The molecule has 0 aliphatic rings. The van der Waals surface area contributed by atoms with Gasteiger partial charge < -0.3 is 10.1 Å². The molecule has 0 radical (unpaired) electrons. The van der Waals surface area contributed by atoms with Gasteiger partial charge >= 0.3 is 0 Å². The Kier molecular flexibility index (Phi) is 6.38. The lowest BCUT2D eigenvalue weighted by atomic mass is 10.2. The van der Waals surface area contributed by atoms with E-state index in [-0.39, 0.29) is 5.91 Å². The van der Waals surface area contributed by atoms with Gasteiger partial charge in [0.25, 0.3) is 0 Å². The Morgan fingerprint density at radius 1 is 1.67 bits per heavy atom. The number of allylic oxidation sites excluding steroid dienone is 1. The summed E-state index contributed by atoms with van der Waals surface area (Å²) in [5, 5.41) is 2.76. The highest BCUT2D eigenvalue weighted by Crippen LogP contribution is 1.91. The number of hydrogen-bond acceptors (Lipinski definition) is 2. The second-order valence-corrected chi connectivity index (χ2v) is 2.81. The third-order valence-corrected chi connectivity index (χ3v) is 1.39. The second kappa shape index (κ2) is 6.85. The molecular formula is C9H17NO2. The van der Waals surface area contributed by atoms with Crippen LogP contribution in [-0.4, -0.2) is 26.2 Å². The predicted octanol–water partition coefficient (Wildman–Crippen LogP) is 0.961. The topological polar surface area (TPSA) is 38.3 Å². The van der Waals surface area contributed by atoms with E-state index in [1.54, 1.807) is 13.2 Å². The Hall–Kier alpha value is -0.830. The molecule has 1 amide bonds. The predicted molar refractivity (Wildman–Crippen MR) is 48.9 cm³/mol. The molecule has 0 spiro atoms. The van der Waals surface area contributed by atoms with E-state index in [9.17, 15) is 4.79 Å². The van der Waals surface area contributed by atoms with Crippen molar-refractivity contribution in [3.8, 4) is 0 Å². The molecule has 0 fully saturated rings. The minimum atomic E-state index is -0.0412. The van der Waals surface area contributed by atoms with E-state index in [1.165, 1.54) is 6.08 Å². The van der Waals surface area contributed by atoms with Gasteiger partial charge in [0.1, 0.15) is 0 Å². The number of methoxy groups -OCH3 is 1. The fraction of sp³-hybridized carbons (Fsp3) is 0.667. The lowest BCUT2D eigenvalue weighted by molar-refractivity contribution is -0.116. The number of hydrogen-bond donors (Lipinski definition) is 1. The normalized spacial score (nSPS) is 13.2. The average Bonchev–Trinajstić information content (AvgIpc) is 2.02. The molecule has 0 aromatic rings. The Bertz CT molecular complexity index is 155. The summed E-state index contributed by atoms with van der Waals surface area (Å²) in [4.78, 5) is 10.9. The van der Waals surface area contributed by atoms with E-state index in [0.717, 1.165) is 0 Å². The summed E-state index contributed by atoms with van der Waals surface area (Å²) in [6.07, 6.45) is 3.23. The first kappa shape index (κ1) is 11.2. The van der Waals surface area contributed by atoms with Crippen LogP contribution < -0.4 is 5.32 Å². The van der Waals surface area contributed by atoms with Crippen molar-refractivity contribution in [1.29, 1.82) is 0 Å². The van der Waals surface area contributed by atoms with E-state index < -0.39 is 0 Å². The number of rotatable bonds is 5. The van der Waals surface area contributed by atoms with Crippen molar-refractivity contribution in [1.82, 2.24) is 5.32 Å². The molecule has 70 valence electrons. The summed E-state index contributed by atoms with van der Waals surface area (Å²) in [5.41, 5.74) is 0. The van der Waals surface area contributed by atoms with Gasteiger partial charge in [0.15, 0.2) is 0 Å². The van der Waals surface area contributed by atoms with Crippen molar-refractivity contribution in [2.45, 2.75) is 13.8 Å². The van der Waals surface area contributed by atoms with E-state index in [4.69, 9.17) is 4.74 Å². The summed E-state index contributed by atoms with van der Waals surface area (Å²) >= 11 is 0. The van der Waals surface area contributed by atoms with Gasteiger partial charge in [-0.2, -0.15) is 0 Å². The Labute approximate surface area is 73.8 Å². The van der Waals surface area contributed by atoms with E-state index in [0.29, 0.717) is 19.1 Å². The van der Waals surface area contributed by atoms with Gasteiger partial charge in [-0.25, -0.2) is 0 Å². The molecule has 0 aliphatic heterocycles. The maximum Gasteiger partial charge on any atom is 0.243 e. The first-order chi connectivity index (χ1) is 5.70. The van der Waals surface area contributed by atoms with Crippen molar-refractivity contribution >= 4 is 5.91 Å². The van der Waals surface area contributed by atoms with Crippen molar-refractivity contribution in [3.63, 3.8) is 0 Å². The molecule has 12 heavy (non-hydrogen) atoms. The summed E-state index contributed by atoms with van der Waals surface area (Å²) in [6, 6.07) is 0. The Morgan fingerprint density at radius 2 is 2.33 bits per heavy atom.